The molecule has 2 heteroatoms. The van der Waals surface area contributed by atoms with E-state index in [4.69, 9.17) is 5.53 Å². The van der Waals surface area contributed by atoms with Crippen molar-refractivity contribution < 1.29 is 4.79 Å². The van der Waals surface area contributed by atoms with Gasteiger partial charge in [0.05, 0.1) is 11.5 Å². The molecule has 0 spiro atoms. The molecule has 1 aromatic carbocycles. The second kappa shape index (κ2) is 3.55. The van der Waals surface area contributed by atoms with Crippen molar-refractivity contribution in [3.8, 4) is 0 Å². The van der Waals surface area contributed by atoms with E-state index in [2.05, 4.69) is 4.79 Å². The molecule has 1 saturated carbocycles. The second-order valence-electron chi connectivity index (χ2n) is 3.48. The molecule has 0 N–H and O–H groups in total. The Bertz CT molecular complexity index is 332. The molecule has 13 heavy (non-hydrogen) atoms. The monoisotopic (exact) mass is 172 g/mol. The van der Waals surface area contributed by atoms with Gasteiger partial charge < -0.3 is 5.53 Å². The Hall–Kier alpha value is -1.40. The summed E-state index contributed by atoms with van der Waals surface area (Å²) < 4.78 is 0. The van der Waals surface area contributed by atoms with E-state index in [0.717, 1.165) is 24.1 Å². The molecular weight excluding hydrogens is 160 g/mol. The van der Waals surface area contributed by atoms with E-state index in [1.807, 2.05) is 30.3 Å². The van der Waals surface area contributed by atoms with Crippen LogP contribution in [0.15, 0.2) is 30.3 Å². The quantitative estimate of drug-likeness (QED) is 0.373. The first kappa shape index (κ1) is 8.21. The fourth-order valence-corrected chi connectivity index (χ4v) is 1.67. The van der Waals surface area contributed by atoms with Crippen LogP contribution in [0.2, 0.25) is 0 Å². The van der Waals surface area contributed by atoms with Crippen molar-refractivity contribution in [3.63, 3.8) is 0 Å². The van der Waals surface area contributed by atoms with E-state index in [-0.39, 0.29) is 0 Å². The normalized spacial score (nSPS) is 16.0. The zero-order valence-electron chi connectivity index (χ0n) is 7.48. The van der Waals surface area contributed by atoms with Gasteiger partial charge in [-0.25, -0.2) is 0 Å². The summed E-state index contributed by atoms with van der Waals surface area (Å²) in [5, 5.41) is 0. The van der Waals surface area contributed by atoms with Gasteiger partial charge in [0.2, 0.25) is 0 Å². The molecule has 1 aliphatic rings. The van der Waals surface area contributed by atoms with E-state index < -0.39 is 0 Å². The minimum absolute atomic E-state index is 0.479. The third kappa shape index (κ3) is 1.53. The molecule has 0 amide bonds. The lowest BCUT2D eigenvalue weighted by molar-refractivity contribution is -0.0150. The van der Waals surface area contributed by atoms with Crippen molar-refractivity contribution in [2.45, 2.75) is 19.3 Å². The predicted octanol–water partition coefficient (Wildman–Crippen LogP) is 2.51. The highest BCUT2D eigenvalue weighted by Gasteiger charge is 2.30. The summed E-state index contributed by atoms with van der Waals surface area (Å²) >= 11 is 0. The van der Waals surface area contributed by atoms with Crippen LogP contribution in [0.5, 0.6) is 0 Å². The first-order valence-electron chi connectivity index (χ1n) is 4.69. The van der Waals surface area contributed by atoms with Crippen molar-refractivity contribution in [3.05, 3.63) is 41.4 Å². The summed E-state index contributed by atoms with van der Waals surface area (Å²) in [6.07, 6.45) is 3.58. The number of nitrogens with zero attached hydrogens (tertiary/aromatic N) is 2. The molecular formula is C11H12N2. The lowest BCUT2D eigenvalue weighted by Crippen LogP contribution is -2.23. The average Bonchev–Trinajstić information content (AvgIpc) is 2.12. The molecule has 0 aliphatic heterocycles. The zero-order chi connectivity index (χ0) is 9.10. The first-order valence-corrected chi connectivity index (χ1v) is 4.69. The van der Waals surface area contributed by atoms with Crippen molar-refractivity contribution >= 4 is 5.71 Å². The predicted molar refractivity (Wildman–Crippen MR) is 51.5 cm³/mol. The minimum Gasteiger partial charge on any atom is -0.361 e. The molecule has 0 atom stereocenters. The van der Waals surface area contributed by atoms with E-state index in [1.54, 1.807) is 0 Å². The van der Waals surface area contributed by atoms with Crippen LogP contribution in [-0.4, -0.2) is 10.5 Å². The summed E-state index contributed by atoms with van der Waals surface area (Å²) in [6.45, 7) is 0. The lowest BCUT2D eigenvalue weighted by atomic mass is 9.79. The van der Waals surface area contributed by atoms with Gasteiger partial charge in [-0.1, -0.05) is 24.6 Å². The molecule has 2 nitrogen and oxygen atoms in total. The van der Waals surface area contributed by atoms with Crippen molar-refractivity contribution in [1.82, 2.24) is 0 Å². The van der Waals surface area contributed by atoms with Crippen LogP contribution in [0.1, 0.15) is 24.8 Å². The lowest BCUT2D eigenvalue weighted by Gasteiger charge is -2.20. The van der Waals surface area contributed by atoms with Crippen LogP contribution >= 0.6 is 0 Å². The smallest absolute Gasteiger partial charge is 0.302 e. The van der Waals surface area contributed by atoms with Gasteiger partial charge in [-0.05, 0) is 25.0 Å². The molecule has 0 aromatic heterocycles. The Morgan fingerprint density at radius 3 is 2.38 bits per heavy atom. The zero-order valence-corrected chi connectivity index (χ0v) is 7.48. The van der Waals surface area contributed by atoms with Gasteiger partial charge in [0.1, 0.15) is 0 Å². The van der Waals surface area contributed by atoms with Crippen molar-refractivity contribution in [2.75, 3.05) is 0 Å². The maximum Gasteiger partial charge on any atom is 0.302 e. The summed E-state index contributed by atoms with van der Waals surface area (Å²) in [7, 11) is 0. The fourth-order valence-electron chi connectivity index (χ4n) is 1.67. The summed E-state index contributed by atoms with van der Waals surface area (Å²) in [5.41, 5.74) is 10.8. The second-order valence-corrected chi connectivity index (χ2v) is 3.48. The molecule has 0 saturated heterocycles. The Labute approximate surface area is 77.8 Å². The van der Waals surface area contributed by atoms with Gasteiger partial charge in [0.15, 0.2) is 0 Å². The van der Waals surface area contributed by atoms with Crippen molar-refractivity contribution in [2.24, 2.45) is 5.92 Å². The van der Waals surface area contributed by atoms with Crippen LogP contribution in [0.3, 0.4) is 0 Å². The van der Waals surface area contributed by atoms with Crippen LogP contribution in [0.25, 0.3) is 5.53 Å². The summed E-state index contributed by atoms with van der Waals surface area (Å²) in [4.78, 5) is 3.40. The van der Waals surface area contributed by atoms with Crippen molar-refractivity contribution in [1.29, 1.82) is 0 Å². The van der Waals surface area contributed by atoms with E-state index in [9.17, 15) is 0 Å². The van der Waals surface area contributed by atoms with E-state index >= 15 is 0 Å². The molecule has 1 fully saturated rings. The van der Waals surface area contributed by atoms with Crippen LogP contribution < -0.4 is 0 Å². The SMILES string of the molecule is [N-]=[N+]=C(c1ccccc1)C1CCC1. The standard InChI is InChI=1S/C11H12N2/c12-13-11(10-7-4-8-10)9-5-2-1-3-6-9/h1-3,5-6,10H,4,7-8H2. The third-order valence-corrected chi connectivity index (χ3v) is 2.67. The maximum absolute atomic E-state index is 8.90. The van der Waals surface area contributed by atoms with Gasteiger partial charge in [-0.3, -0.25) is 0 Å². The number of benzene rings is 1. The molecule has 1 aromatic rings. The highest BCUT2D eigenvalue weighted by Crippen LogP contribution is 2.29. The summed E-state index contributed by atoms with van der Waals surface area (Å²) in [5.74, 6) is 0.479. The van der Waals surface area contributed by atoms with E-state index in [0.29, 0.717) is 5.92 Å². The van der Waals surface area contributed by atoms with Crippen LogP contribution in [-0.2, 0) is 0 Å². The van der Waals surface area contributed by atoms with Gasteiger partial charge >= 0.3 is 5.71 Å². The highest BCUT2D eigenvalue weighted by atomic mass is 14.9. The molecule has 1 aliphatic carbocycles. The third-order valence-electron chi connectivity index (χ3n) is 2.67. The van der Waals surface area contributed by atoms with Gasteiger partial charge in [0, 0.05) is 0 Å². The van der Waals surface area contributed by atoms with Gasteiger partial charge in [-0.15, -0.1) is 0 Å². The molecule has 0 heterocycles. The summed E-state index contributed by atoms with van der Waals surface area (Å²) in [6, 6.07) is 9.90. The number of rotatable bonds is 2. The van der Waals surface area contributed by atoms with Gasteiger partial charge in [0.25, 0.3) is 0 Å². The largest absolute Gasteiger partial charge is 0.361 e. The Morgan fingerprint density at radius 2 is 1.92 bits per heavy atom. The first-order chi connectivity index (χ1) is 6.42. The topological polar surface area (TPSA) is 36.4 Å². The minimum atomic E-state index is 0.479. The van der Waals surface area contributed by atoms with Crippen LogP contribution in [0.4, 0.5) is 0 Å². The average molecular weight is 172 g/mol. The highest BCUT2D eigenvalue weighted by molar-refractivity contribution is 5.98. The molecule has 0 bridgehead atoms. The van der Waals surface area contributed by atoms with E-state index in [1.165, 1.54) is 6.42 Å². The Balaban J connectivity index is 2.28. The fraction of sp³-hybridized carbons (Fsp3) is 0.364. The molecule has 0 radical (unpaired) electrons. The van der Waals surface area contributed by atoms with Crippen LogP contribution in [0, 0.1) is 5.92 Å². The Morgan fingerprint density at radius 1 is 1.23 bits per heavy atom. The van der Waals surface area contributed by atoms with Gasteiger partial charge in [-0.2, -0.15) is 4.79 Å². The molecule has 66 valence electrons. The molecule has 2 rings (SSSR count). The number of hydrogen-bond donors (Lipinski definition) is 0. The maximum atomic E-state index is 8.90. The number of hydrogen-bond acceptors (Lipinski definition) is 0. The molecule has 0 unspecified atom stereocenters. The Kier molecular flexibility index (Phi) is 2.24.